The van der Waals surface area contributed by atoms with Crippen molar-refractivity contribution in [3.05, 3.63) is 18.2 Å². The van der Waals surface area contributed by atoms with E-state index in [9.17, 15) is 0 Å². The highest BCUT2D eigenvalue weighted by molar-refractivity contribution is 5.47. The van der Waals surface area contributed by atoms with E-state index >= 15 is 0 Å². The average Bonchev–Trinajstić information content (AvgIpc) is 3.23. The summed E-state index contributed by atoms with van der Waals surface area (Å²) in [7, 11) is 1.93. The van der Waals surface area contributed by atoms with E-state index in [4.69, 9.17) is 0 Å². The molecule has 3 nitrogen and oxygen atoms in total. The van der Waals surface area contributed by atoms with Crippen molar-refractivity contribution < 1.29 is 0 Å². The Morgan fingerprint density at radius 3 is 2.35 bits per heavy atom. The lowest BCUT2D eigenvalue weighted by Crippen LogP contribution is -2.29. The van der Waals surface area contributed by atoms with Gasteiger partial charge in [0.05, 0.1) is 0 Å². The van der Waals surface area contributed by atoms with Gasteiger partial charge in [-0.2, -0.15) is 0 Å². The minimum absolute atomic E-state index is 0.925. The number of hydrogen-bond acceptors (Lipinski definition) is 3. The van der Waals surface area contributed by atoms with E-state index in [-0.39, 0.29) is 0 Å². The van der Waals surface area contributed by atoms with Crippen LogP contribution in [-0.4, -0.2) is 25.1 Å². The molecule has 0 aromatic carbocycles. The Morgan fingerprint density at radius 2 is 1.82 bits per heavy atom. The van der Waals surface area contributed by atoms with Crippen LogP contribution in [0.3, 0.4) is 0 Å². The fraction of sp³-hybridized carbons (Fsp3) is 0.643. The van der Waals surface area contributed by atoms with Gasteiger partial charge in [-0.05, 0) is 49.7 Å². The van der Waals surface area contributed by atoms with Crippen LogP contribution in [0.4, 0.5) is 11.6 Å². The van der Waals surface area contributed by atoms with Gasteiger partial charge in [0.25, 0.3) is 0 Å². The number of aromatic nitrogens is 1. The topological polar surface area (TPSA) is 28.2 Å². The van der Waals surface area contributed by atoms with E-state index in [1.165, 1.54) is 38.8 Å². The molecule has 3 heteroatoms. The lowest BCUT2D eigenvalue weighted by atomic mass is 10.3. The Bertz CT molecular complexity index is 369. The predicted octanol–water partition coefficient (Wildman–Crippen LogP) is 2.75. The molecule has 0 radical (unpaired) electrons. The highest BCUT2D eigenvalue weighted by atomic mass is 15.2. The zero-order chi connectivity index (χ0) is 11.7. The molecule has 0 amide bonds. The lowest BCUT2D eigenvalue weighted by molar-refractivity contribution is 0.672. The summed E-state index contributed by atoms with van der Waals surface area (Å²) in [5, 5.41) is 3.12. The van der Waals surface area contributed by atoms with Crippen molar-refractivity contribution in [1.82, 2.24) is 4.98 Å². The molecule has 0 unspecified atom stereocenters. The third-order valence-corrected chi connectivity index (χ3v) is 3.67. The molecule has 92 valence electrons. The molecule has 2 fully saturated rings. The van der Waals surface area contributed by atoms with Gasteiger partial charge < -0.3 is 10.2 Å². The number of hydrogen-bond donors (Lipinski definition) is 1. The SMILES string of the molecule is CNc1cccc(N(CC2CC2)CC2CC2)n1. The van der Waals surface area contributed by atoms with Gasteiger partial charge in [0, 0.05) is 20.1 Å². The minimum Gasteiger partial charge on any atom is -0.373 e. The van der Waals surface area contributed by atoms with Crippen LogP contribution in [0.25, 0.3) is 0 Å². The van der Waals surface area contributed by atoms with Crippen LogP contribution >= 0.6 is 0 Å². The average molecular weight is 231 g/mol. The maximum Gasteiger partial charge on any atom is 0.130 e. The van der Waals surface area contributed by atoms with Crippen LogP contribution in [0.15, 0.2) is 18.2 Å². The second-order valence-electron chi connectivity index (χ2n) is 5.42. The standard InChI is InChI=1S/C14H21N3/c1-15-13-3-2-4-14(16-13)17(9-11-5-6-11)10-12-7-8-12/h2-4,11-12H,5-10H2,1H3,(H,15,16). The molecule has 1 aromatic heterocycles. The van der Waals surface area contributed by atoms with E-state index in [0.717, 1.165) is 23.5 Å². The summed E-state index contributed by atoms with van der Waals surface area (Å²) in [4.78, 5) is 7.16. The monoisotopic (exact) mass is 231 g/mol. The number of nitrogens with zero attached hydrogens (tertiary/aromatic N) is 2. The molecule has 1 N–H and O–H groups in total. The Balaban J connectivity index is 1.73. The summed E-state index contributed by atoms with van der Waals surface area (Å²) < 4.78 is 0. The fourth-order valence-corrected chi connectivity index (χ4v) is 2.22. The van der Waals surface area contributed by atoms with Crippen LogP contribution in [0.5, 0.6) is 0 Å². The number of rotatable bonds is 6. The van der Waals surface area contributed by atoms with Gasteiger partial charge in [0.1, 0.15) is 11.6 Å². The van der Waals surface area contributed by atoms with Crippen LogP contribution in [-0.2, 0) is 0 Å². The third-order valence-electron chi connectivity index (χ3n) is 3.67. The molecule has 1 heterocycles. The van der Waals surface area contributed by atoms with E-state index in [0.29, 0.717) is 0 Å². The Hall–Kier alpha value is -1.25. The minimum atomic E-state index is 0.925. The number of anilines is 2. The maximum atomic E-state index is 4.67. The largest absolute Gasteiger partial charge is 0.373 e. The van der Waals surface area contributed by atoms with Gasteiger partial charge in [-0.3, -0.25) is 0 Å². The van der Waals surface area contributed by atoms with Gasteiger partial charge in [0.2, 0.25) is 0 Å². The number of nitrogens with one attached hydrogen (secondary N) is 1. The molecule has 0 atom stereocenters. The quantitative estimate of drug-likeness (QED) is 0.816. The summed E-state index contributed by atoms with van der Waals surface area (Å²) in [5.74, 6) is 3.97. The molecule has 0 saturated heterocycles. The molecule has 2 saturated carbocycles. The van der Waals surface area contributed by atoms with E-state index in [2.05, 4.69) is 27.3 Å². The van der Waals surface area contributed by atoms with Gasteiger partial charge in [-0.15, -0.1) is 0 Å². The molecule has 17 heavy (non-hydrogen) atoms. The highest BCUT2D eigenvalue weighted by Crippen LogP contribution is 2.35. The van der Waals surface area contributed by atoms with E-state index in [1.54, 1.807) is 0 Å². The van der Waals surface area contributed by atoms with Crippen molar-refractivity contribution in [2.75, 3.05) is 30.4 Å². The molecule has 0 aliphatic heterocycles. The van der Waals surface area contributed by atoms with E-state index < -0.39 is 0 Å². The Morgan fingerprint density at radius 1 is 1.18 bits per heavy atom. The first-order valence-electron chi connectivity index (χ1n) is 6.75. The van der Waals surface area contributed by atoms with Gasteiger partial charge in [0.15, 0.2) is 0 Å². The van der Waals surface area contributed by atoms with Crippen LogP contribution in [0, 0.1) is 11.8 Å². The highest BCUT2D eigenvalue weighted by Gasteiger charge is 2.29. The zero-order valence-corrected chi connectivity index (χ0v) is 10.5. The van der Waals surface area contributed by atoms with Crippen LogP contribution in [0.1, 0.15) is 25.7 Å². The van der Waals surface area contributed by atoms with Crippen molar-refractivity contribution in [2.24, 2.45) is 11.8 Å². The fourth-order valence-electron chi connectivity index (χ4n) is 2.22. The number of pyridine rings is 1. The summed E-state index contributed by atoms with van der Waals surface area (Å²) in [6.45, 7) is 2.41. The molecule has 3 rings (SSSR count). The molecule has 0 spiro atoms. The summed E-state index contributed by atoms with van der Waals surface area (Å²) in [5.41, 5.74) is 0. The second-order valence-corrected chi connectivity index (χ2v) is 5.42. The molecular weight excluding hydrogens is 210 g/mol. The summed E-state index contributed by atoms with van der Waals surface area (Å²) in [6.07, 6.45) is 5.64. The van der Waals surface area contributed by atoms with Crippen molar-refractivity contribution in [3.8, 4) is 0 Å². The normalized spacial score (nSPS) is 19.1. The van der Waals surface area contributed by atoms with Crippen molar-refractivity contribution >= 4 is 11.6 Å². The predicted molar refractivity (Wildman–Crippen MR) is 71.4 cm³/mol. The van der Waals surface area contributed by atoms with Crippen LogP contribution in [0.2, 0.25) is 0 Å². The summed E-state index contributed by atoms with van der Waals surface area (Å²) in [6, 6.07) is 6.27. The lowest BCUT2D eigenvalue weighted by Gasteiger charge is -2.24. The van der Waals surface area contributed by atoms with Crippen molar-refractivity contribution in [3.63, 3.8) is 0 Å². The summed E-state index contributed by atoms with van der Waals surface area (Å²) >= 11 is 0. The molecule has 2 aliphatic rings. The van der Waals surface area contributed by atoms with Gasteiger partial charge in [-0.25, -0.2) is 4.98 Å². The molecular formula is C14H21N3. The van der Waals surface area contributed by atoms with Crippen molar-refractivity contribution in [1.29, 1.82) is 0 Å². The maximum absolute atomic E-state index is 4.67. The molecule has 1 aromatic rings. The Kier molecular flexibility index (Phi) is 2.91. The van der Waals surface area contributed by atoms with Gasteiger partial charge >= 0.3 is 0 Å². The van der Waals surface area contributed by atoms with Gasteiger partial charge in [-0.1, -0.05) is 6.07 Å². The second kappa shape index (κ2) is 4.55. The zero-order valence-electron chi connectivity index (χ0n) is 10.5. The smallest absolute Gasteiger partial charge is 0.130 e. The van der Waals surface area contributed by atoms with E-state index in [1.807, 2.05) is 13.1 Å². The van der Waals surface area contributed by atoms with Crippen LogP contribution < -0.4 is 10.2 Å². The van der Waals surface area contributed by atoms with Crippen molar-refractivity contribution in [2.45, 2.75) is 25.7 Å². The third kappa shape index (κ3) is 2.90. The first-order valence-corrected chi connectivity index (χ1v) is 6.75. The Labute approximate surface area is 103 Å². The first kappa shape index (κ1) is 10.9. The first-order chi connectivity index (χ1) is 8.35. The molecule has 0 bridgehead atoms. The molecule has 2 aliphatic carbocycles.